The number of carbonyl (C=O) groups excluding carboxylic acids is 2. The van der Waals surface area contributed by atoms with Crippen LogP contribution < -0.4 is 10.1 Å². The molecule has 1 saturated heterocycles. The molecule has 8 nitrogen and oxygen atoms in total. The van der Waals surface area contributed by atoms with Crippen LogP contribution in [0.5, 0.6) is 5.75 Å². The van der Waals surface area contributed by atoms with Gasteiger partial charge in [-0.25, -0.2) is 4.79 Å². The molecule has 0 unspecified atom stereocenters. The van der Waals surface area contributed by atoms with E-state index in [1.54, 1.807) is 59.5 Å². The van der Waals surface area contributed by atoms with Crippen LogP contribution in [-0.4, -0.2) is 53.2 Å². The lowest BCUT2D eigenvalue weighted by molar-refractivity contribution is 0.0595. The summed E-state index contributed by atoms with van der Waals surface area (Å²) in [6, 6.07) is 20.2. The van der Waals surface area contributed by atoms with Gasteiger partial charge in [-0.3, -0.25) is 9.59 Å². The molecule has 0 bridgehead atoms. The van der Waals surface area contributed by atoms with Crippen molar-refractivity contribution in [2.45, 2.75) is 23.2 Å². The number of rotatable bonds is 8. The first kappa shape index (κ1) is 31.4. The van der Waals surface area contributed by atoms with Gasteiger partial charge in [0.1, 0.15) is 22.8 Å². The number of carbonyl (C=O) groups is 3. The Kier molecular flexibility index (Phi) is 9.81. The largest absolute Gasteiger partial charge is 0.490 e. The molecular weight excluding hydrogens is 641 g/mol. The van der Waals surface area contributed by atoms with E-state index < -0.39 is 11.9 Å². The number of hydrogen-bond donors (Lipinski definition) is 2. The molecule has 1 aliphatic rings. The molecule has 1 fully saturated rings. The summed E-state index contributed by atoms with van der Waals surface area (Å²) in [6.45, 7) is 0.884. The first-order chi connectivity index (χ1) is 21.2. The Morgan fingerprint density at radius 1 is 1.05 bits per heavy atom. The molecule has 2 N–H and O–H groups in total. The third-order valence-electron chi connectivity index (χ3n) is 7.10. The van der Waals surface area contributed by atoms with Crippen molar-refractivity contribution in [3.05, 3.63) is 98.3 Å². The molecule has 224 valence electrons. The van der Waals surface area contributed by atoms with Crippen molar-refractivity contribution in [3.8, 4) is 22.9 Å². The Hall–Kier alpha value is -4.01. The van der Waals surface area contributed by atoms with Crippen molar-refractivity contribution >= 4 is 69.8 Å². The second-order valence-corrected chi connectivity index (χ2v) is 12.8. The van der Waals surface area contributed by atoms with Crippen LogP contribution in [0.25, 0.3) is 11.1 Å². The highest BCUT2D eigenvalue weighted by Gasteiger charge is 2.28. The molecule has 5 rings (SSSR count). The third kappa shape index (κ3) is 6.87. The van der Waals surface area contributed by atoms with E-state index in [4.69, 9.17) is 33.0 Å². The van der Waals surface area contributed by atoms with Crippen molar-refractivity contribution in [2.24, 2.45) is 0 Å². The Bertz CT molecular complexity index is 1760. The number of ether oxygens (including phenoxy) is 1. The maximum absolute atomic E-state index is 13.6. The minimum absolute atomic E-state index is 0.124. The quantitative estimate of drug-likeness (QED) is 0.183. The molecule has 0 spiro atoms. The summed E-state index contributed by atoms with van der Waals surface area (Å²) in [6.07, 6.45) is 2.90. The Labute approximate surface area is 272 Å². The second kappa shape index (κ2) is 13.7. The van der Waals surface area contributed by atoms with E-state index in [0.717, 1.165) is 4.21 Å². The molecule has 0 aliphatic carbocycles. The van der Waals surface area contributed by atoms with Crippen LogP contribution in [0.15, 0.2) is 70.9 Å². The van der Waals surface area contributed by atoms with E-state index in [9.17, 15) is 19.6 Å². The van der Waals surface area contributed by atoms with Crippen molar-refractivity contribution in [3.63, 3.8) is 0 Å². The lowest BCUT2D eigenvalue weighted by Gasteiger charge is -2.32. The van der Waals surface area contributed by atoms with Crippen molar-refractivity contribution in [1.82, 2.24) is 4.90 Å². The van der Waals surface area contributed by atoms with Gasteiger partial charge in [0.2, 0.25) is 0 Å². The van der Waals surface area contributed by atoms with Gasteiger partial charge in [-0.1, -0.05) is 35.3 Å². The number of halogens is 2. The van der Waals surface area contributed by atoms with E-state index in [0.29, 0.717) is 64.0 Å². The molecule has 3 aromatic carbocycles. The highest BCUT2D eigenvalue weighted by molar-refractivity contribution is 8.00. The molecular formula is C32H25Cl2N3O5S2. The molecule has 12 heteroatoms. The maximum Gasteiger partial charge on any atom is 0.335 e. The first-order valence-electron chi connectivity index (χ1n) is 13.5. The molecule has 44 heavy (non-hydrogen) atoms. The Morgan fingerprint density at radius 3 is 2.34 bits per heavy atom. The van der Waals surface area contributed by atoms with Crippen molar-refractivity contribution in [2.75, 3.05) is 24.7 Å². The molecule has 1 aromatic heterocycles. The topological polar surface area (TPSA) is 120 Å². The van der Waals surface area contributed by atoms with Gasteiger partial charge in [-0.2, -0.15) is 5.26 Å². The first-order valence-corrected chi connectivity index (χ1v) is 16.2. The van der Waals surface area contributed by atoms with Crippen LogP contribution in [0.4, 0.5) is 5.69 Å². The summed E-state index contributed by atoms with van der Waals surface area (Å²) in [5, 5.41) is 22.7. The number of anilines is 1. The number of carboxylic acids is 1. The number of thioether (sulfide) groups is 1. The number of carboxylic acid groups (broad SMARTS) is 1. The molecule has 0 atom stereocenters. The number of aromatic carboxylic acids is 1. The van der Waals surface area contributed by atoms with E-state index in [1.165, 1.54) is 35.2 Å². The zero-order chi connectivity index (χ0) is 31.4. The predicted molar refractivity (Wildman–Crippen MR) is 174 cm³/mol. The minimum Gasteiger partial charge on any atom is -0.490 e. The fraction of sp³-hybridized carbons (Fsp3) is 0.188. The standard InChI is InChI=1S/C32H25Cl2N3O5S2/c1-43-32-25(17-35)27(18-2-6-20(33)7-3-18)28(44-32)29(38)36-21-8-11-26(34)24(16-21)30(39)37-14-12-23(13-15-37)42-22-9-4-19(5-10-22)31(40)41/h2-11,16,23H,12-15H2,1H3,(H,36,38)(H,40,41). The summed E-state index contributed by atoms with van der Waals surface area (Å²) in [5.74, 6) is -1.10. The number of hydrogen-bond acceptors (Lipinski definition) is 7. The average Bonchev–Trinajstić information content (AvgIpc) is 3.41. The van der Waals surface area contributed by atoms with E-state index in [1.807, 2.05) is 6.26 Å². The van der Waals surface area contributed by atoms with Gasteiger partial charge >= 0.3 is 5.97 Å². The number of amides is 2. The van der Waals surface area contributed by atoms with Crippen LogP contribution >= 0.6 is 46.3 Å². The normalized spacial score (nSPS) is 13.3. The van der Waals surface area contributed by atoms with Crippen LogP contribution in [0, 0.1) is 11.3 Å². The highest BCUT2D eigenvalue weighted by Crippen LogP contribution is 2.41. The number of benzene rings is 3. The second-order valence-electron chi connectivity index (χ2n) is 9.88. The smallest absolute Gasteiger partial charge is 0.335 e. The Morgan fingerprint density at radius 2 is 1.73 bits per heavy atom. The number of nitrogens with zero attached hydrogens (tertiary/aromatic N) is 2. The summed E-state index contributed by atoms with van der Waals surface area (Å²) >= 11 is 15.1. The molecule has 0 radical (unpaired) electrons. The van der Waals surface area contributed by atoms with E-state index >= 15 is 0 Å². The monoisotopic (exact) mass is 665 g/mol. The lowest BCUT2D eigenvalue weighted by Crippen LogP contribution is -2.41. The molecule has 4 aromatic rings. The van der Waals surface area contributed by atoms with Gasteiger partial charge in [-0.05, 0) is 66.4 Å². The van der Waals surface area contributed by atoms with Crippen LogP contribution in [0.1, 0.15) is 48.8 Å². The van der Waals surface area contributed by atoms with Crippen molar-refractivity contribution < 1.29 is 24.2 Å². The number of nitrogens with one attached hydrogen (secondary N) is 1. The van der Waals surface area contributed by atoms with E-state index in [-0.39, 0.29) is 28.2 Å². The van der Waals surface area contributed by atoms with Gasteiger partial charge in [0.25, 0.3) is 11.8 Å². The third-order valence-corrected chi connectivity index (χ3v) is 9.99. The summed E-state index contributed by atoms with van der Waals surface area (Å²) in [5.41, 5.74) is 2.49. The Balaban J connectivity index is 1.29. The van der Waals surface area contributed by atoms with Crippen LogP contribution in [0.2, 0.25) is 10.0 Å². The molecule has 1 aliphatic heterocycles. The van der Waals surface area contributed by atoms with Crippen LogP contribution in [-0.2, 0) is 0 Å². The molecule has 2 amide bonds. The molecule has 0 saturated carbocycles. The van der Waals surface area contributed by atoms with Crippen molar-refractivity contribution in [1.29, 1.82) is 5.26 Å². The zero-order valence-corrected chi connectivity index (χ0v) is 26.4. The fourth-order valence-corrected chi connectivity index (χ4v) is 7.04. The van der Waals surface area contributed by atoms with Gasteiger partial charge in [0.05, 0.1) is 25.9 Å². The van der Waals surface area contributed by atoms with Gasteiger partial charge < -0.3 is 20.1 Å². The summed E-state index contributed by atoms with van der Waals surface area (Å²) < 4.78 is 6.72. The average molecular weight is 667 g/mol. The summed E-state index contributed by atoms with van der Waals surface area (Å²) in [4.78, 5) is 40.2. The number of nitriles is 1. The maximum atomic E-state index is 13.6. The van der Waals surface area contributed by atoms with Gasteiger partial charge in [-0.15, -0.1) is 23.1 Å². The van der Waals surface area contributed by atoms with Gasteiger partial charge in [0, 0.05) is 42.2 Å². The summed E-state index contributed by atoms with van der Waals surface area (Å²) in [7, 11) is 0. The van der Waals surface area contributed by atoms with E-state index in [2.05, 4.69) is 11.4 Å². The van der Waals surface area contributed by atoms with Gasteiger partial charge in [0.15, 0.2) is 0 Å². The predicted octanol–water partition coefficient (Wildman–Crippen LogP) is 7.95. The zero-order valence-electron chi connectivity index (χ0n) is 23.3. The SMILES string of the molecule is CSc1sc(C(=O)Nc2ccc(Cl)c(C(=O)N3CCC(Oc4ccc(C(=O)O)cc4)CC3)c2)c(-c2ccc(Cl)cc2)c1C#N. The fourth-order valence-electron chi connectivity index (χ4n) is 4.88. The van der Waals surface area contributed by atoms with Crippen LogP contribution in [0.3, 0.4) is 0 Å². The lowest BCUT2D eigenvalue weighted by atomic mass is 10.0. The molecule has 2 heterocycles. The number of likely N-dealkylation sites (tertiary alicyclic amines) is 1. The highest BCUT2D eigenvalue weighted by atomic mass is 35.5. The minimum atomic E-state index is -1.00. The number of thiophene rings is 1. The number of piperidine rings is 1.